The summed E-state index contributed by atoms with van der Waals surface area (Å²) in [6, 6.07) is 2.19. The van der Waals surface area contributed by atoms with Gasteiger partial charge in [0, 0.05) is 54.8 Å². The number of hydrogen-bond acceptors (Lipinski definition) is 7. The van der Waals surface area contributed by atoms with E-state index in [1.807, 2.05) is 11.4 Å². The summed E-state index contributed by atoms with van der Waals surface area (Å²) in [6.45, 7) is 14.5. The number of nitrogens with zero attached hydrogens (tertiary/aromatic N) is 8. The Balaban J connectivity index is 1.41. The fraction of sp³-hybridized carbons (Fsp3) is 0.591. The van der Waals surface area contributed by atoms with E-state index in [2.05, 4.69) is 58.6 Å². The second-order valence-electron chi connectivity index (χ2n) is 9.59. The van der Waals surface area contributed by atoms with Gasteiger partial charge in [0.05, 0.1) is 5.69 Å². The Hall–Kier alpha value is -2.77. The molecule has 2 aliphatic rings. The fourth-order valence-corrected chi connectivity index (χ4v) is 4.06. The molecule has 4 heterocycles. The predicted octanol–water partition coefficient (Wildman–Crippen LogP) is 3.03. The molecule has 0 unspecified atom stereocenters. The molecule has 1 aliphatic carbocycles. The van der Waals surface area contributed by atoms with Crippen molar-refractivity contribution in [3.05, 3.63) is 35.2 Å². The van der Waals surface area contributed by atoms with Crippen molar-refractivity contribution in [3.63, 3.8) is 0 Å². The lowest BCUT2D eigenvalue weighted by molar-refractivity contribution is 0.559. The van der Waals surface area contributed by atoms with Crippen LogP contribution in [0, 0.1) is 13.8 Å². The van der Waals surface area contributed by atoms with E-state index in [0.717, 1.165) is 60.6 Å². The highest BCUT2D eigenvalue weighted by Crippen LogP contribution is 2.39. The Kier molecular flexibility index (Phi) is 4.41. The van der Waals surface area contributed by atoms with Gasteiger partial charge in [0.2, 0.25) is 0 Å². The fourth-order valence-electron chi connectivity index (χ4n) is 4.06. The SMILES string of the molecule is Cc1nc2ncnn2c(N2CCN(c3cc(C(C)(C)C)nc(C4CC4)n3)CC2)c1C. The first-order chi connectivity index (χ1) is 14.3. The minimum Gasteiger partial charge on any atom is -0.353 e. The van der Waals surface area contributed by atoms with Crippen LogP contribution < -0.4 is 9.80 Å². The molecular weight excluding hydrogens is 376 g/mol. The first-order valence-electron chi connectivity index (χ1n) is 10.9. The van der Waals surface area contributed by atoms with E-state index < -0.39 is 0 Å². The molecule has 1 saturated carbocycles. The third kappa shape index (κ3) is 3.38. The van der Waals surface area contributed by atoms with Gasteiger partial charge in [-0.1, -0.05) is 20.8 Å². The van der Waals surface area contributed by atoms with Crippen LogP contribution in [0.5, 0.6) is 0 Å². The van der Waals surface area contributed by atoms with Crippen LogP contribution in [-0.4, -0.2) is 55.7 Å². The van der Waals surface area contributed by atoms with Gasteiger partial charge in [0.15, 0.2) is 0 Å². The normalized spacial score (nSPS) is 17.8. The number of anilines is 2. The predicted molar refractivity (Wildman–Crippen MR) is 117 cm³/mol. The van der Waals surface area contributed by atoms with E-state index in [1.54, 1.807) is 6.33 Å². The van der Waals surface area contributed by atoms with Gasteiger partial charge < -0.3 is 9.80 Å². The minimum atomic E-state index is 0.0214. The standard InChI is InChI=1S/C22H30N8/c1-14-15(2)25-21-23-13-24-30(21)20(14)29-10-8-28(9-11-29)18-12-17(22(3,4)5)26-19(27-18)16-6-7-16/h12-13,16H,6-11H2,1-5H3. The van der Waals surface area contributed by atoms with Gasteiger partial charge in [0.1, 0.15) is 23.8 Å². The summed E-state index contributed by atoms with van der Waals surface area (Å²) in [6.07, 6.45) is 4.01. The molecule has 0 radical (unpaired) electrons. The monoisotopic (exact) mass is 406 g/mol. The maximum atomic E-state index is 4.96. The Morgan fingerprint density at radius 3 is 2.30 bits per heavy atom. The highest BCUT2D eigenvalue weighted by atomic mass is 15.4. The van der Waals surface area contributed by atoms with Crippen molar-refractivity contribution >= 4 is 17.4 Å². The van der Waals surface area contributed by atoms with E-state index in [1.165, 1.54) is 12.8 Å². The first-order valence-corrected chi connectivity index (χ1v) is 10.9. The van der Waals surface area contributed by atoms with Crippen LogP contribution in [-0.2, 0) is 5.41 Å². The summed E-state index contributed by atoms with van der Waals surface area (Å²) in [5.41, 5.74) is 3.33. The van der Waals surface area contributed by atoms with Crippen molar-refractivity contribution in [3.8, 4) is 0 Å². The van der Waals surface area contributed by atoms with Crippen molar-refractivity contribution < 1.29 is 0 Å². The first kappa shape index (κ1) is 19.2. The minimum absolute atomic E-state index is 0.0214. The number of piperazine rings is 1. The maximum absolute atomic E-state index is 4.96. The molecule has 5 rings (SSSR count). The highest BCUT2D eigenvalue weighted by Gasteiger charge is 2.31. The van der Waals surface area contributed by atoms with Crippen molar-refractivity contribution in [1.82, 2.24) is 29.5 Å². The topological polar surface area (TPSA) is 75.3 Å². The quantitative estimate of drug-likeness (QED) is 0.662. The number of aromatic nitrogens is 6. The molecule has 0 aromatic carbocycles. The van der Waals surface area contributed by atoms with Crippen LogP contribution in [0.1, 0.15) is 62.3 Å². The Morgan fingerprint density at radius 2 is 1.63 bits per heavy atom. The average molecular weight is 407 g/mol. The van der Waals surface area contributed by atoms with Crippen molar-refractivity contribution in [1.29, 1.82) is 0 Å². The molecule has 1 aliphatic heterocycles. The summed E-state index contributed by atoms with van der Waals surface area (Å²) in [5.74, 6) is 4.42. The van der Waals surface area contributed by atoms with E-state index >= 15 is 0 Å². The highest BCUT2D eigenvalue weighted by molar-refractivity contribution is 5.55. The van der Waals surface area contributed by atoms with Gasteiger partial charge in [-0.2, -0.15) is 14.6 Å². The van der Waals surface area contributed by atoms with Crippen molar-refractivity contribution in [2.75, 3.05) is 36.0 Å². The molecule has 1 saturated heterocycles. The summed E-state index contributed by atoms with van der Waals surface area (Å²) < 4.78 is 1.87. The number of fused-ring (bicyclic) bond motifs is 1. The van der Waals surface area contributed by atoms with Gasteiger partial charge in [0.25, 0.3) is 5.78 Å². The molecule has 2 fully saturated rings. The van der Waals surface area contributed by atoms with Gasteiger partial charge >= 0.3 is 0 Å². The van der Waals surface area contributed by atoms with Crippen molar-refractivity contribution in [2.45, 2.75) is 58.8 Å². The molecule has 8 heteroatoms. The van der Waals surface area contributed by atoms with Crippen LogP contribution >= 0.6 is 0 Å². The Bertz CT molecular complexity index is 1080. The van der Waals surface area contributed by atoms with E-state index in [4.69, 9.17) is 9.97 Å². The summed E-state index contributed by atoms with van der Waals surface area (Å²) in [5, 5.41) is 4.42. The largest absolute Gasteiger partial charge is 0.353 e. The maximum Gasteiger partial charge on any atom is 0.254 e. The molecule has 3 aromatic rings. The van der Waals surface area contributed by atoms with Gasteiger partial charge in [-0.05, 0) is 26.7 Å². The Morgan fingerprint density at radius 1 is 0.933 bits per heavy atom. The third-order valence-electron chi connectivity index (χ3n) is 6.22. The zero-order valence-electron chi connectivity index (χ0n) is 18.6. The summed E-state index contributed by atoms with van der Waals surface area (Å²) in [7, 11) is 0. The number of aryl methyl sites for hydroxylation is 1. The third-order valence-corrected chi connectivity index (χ3v) is 6.22. The molecule has 0 spiro atoms. The van der Waals surface area contributed by atoms with Crippen LogP contribution in [0.25, 0.3) is 5.78 Å². The molecule has 0 amide bonds. The zero-order valence-corrected chi connectivity index (χ0v) is 18.6. The van der Waals surface area contributed by atoms with Crippen LogP contribution in [0.15, 0.2) is 12.4 Å². The van der Waals surface area contributed by atoms with E-state index in [-0.39, 0.29) is 5.41 Å². The van der Waals surface area contributed by atoms with Crippen LogP contribution in [0.2, 0.25) is 0 Å². The number of hydrogen-bond donors (Lipinski definition) is 0. The van der Waals surface area contributed by atoms with Gasteiger partial charge in [-0.25, -0.2) is 15.0 Å². The van der Waals surface area contributed by atoms with Gasteiger partial charge in [-0.15, -0.1) is 0 Å². The second-order valence-corrected chi connectivity index (χ2v) is 9.59. The Labute approximate surface area is 177 Å². The lowest BCUT2D eigenvalue weighted by atomic mass is 9.91. The number of rotatable bonds is 3. The van der Waals surface area contributed by atoms with E-state index in [0.29, 0.717) is 11.7 Å². The molecule has 0 atom stereocenters. The lowest BCUT2D eigenvalue weighted by Gasteiger charge is -2.37. The van der Waals surface area contributed by atoms with Crippen LogP contribution in [0.4, 0.5) is 11.6 Å². The molecule has 8 nitrogen and oxygen atoms in total. The lowest BCUT2D eigenvalue weighted by Crippen LogP contribution is -2.48. The van der Waals surface area contributed by atoms with E-state index in [9.17, 15) is 0 Å². The molecule has 158 valence electrons. The molecule has 3 aromatic heterocycles. The van der Waals surface area contributed by atoms with Crippen molar-refractivity contribution in [2.24, 2.45) is 0 Å². The van der Waals surface area contributed by atoms with Crippen LogP contribution in [0.3, 0.4) is 0 Å². The molecule has 30 heavy (non-hydrogen) atoms. The molecule has 0 N–H and O–H groups in total. The molecular formula is C22H30N8. The summed E-state index contributed by atoms with van der Waals surface area (Å²) in [4.78, 5) is 23.5. The van der Waals surface area contributed by atoms with Gasteiger partial charge in [-0.3, -0.25) is 0 Å². The smallest absolute Gasteiger partial charge is 0.254 e. The zero-order chi connectivity index (χ0) is 21.0. The average Bonchev–Trinajstić information content (AvgIpc) is 3.47. The summed E-state index contributed by atoms with van der Waals surface area (Å²) >= 11 is 0. The second kappa shape index (κ2) is 6.89. The molecule has 0 bridgehead atoms.